The van der Waals surface area contributed by atoms with Crippen molar-refractivity contribution in [3.05, 3.63) is 295 Å². The summed E-state index contributed by atoms with van der Waals surface area (Å²) in [7, 11) is 0. The summed E-state index contributed by atoms with van der Waals surface area (Å²) >= 11 is 1.88. The summed E-state index contributed by atoms with van der Waals surface area (Å²) in [5.41, 5.74) is 20.1. The number of hydrogen-bond donors (Lipinski definition) is 0. The van der Waals surface area contributed by atoms with E-state index in [-0.39, 0.29) is 0 Å². The standard InChI is InChI=1S/C67H45NS/c1-4-16-46(17-5-1)48-34-38-55(39-35-48)68(57-42-43-60-59-24-10-12-28-63(59)67(64(60)45-57,53-20-6-2-7-21-53)54-22-8-3-9-23-54)56-40-36-49(37-41-56)47-30-32-50(33-31-47)51-18-14-19-52(44-51)58-26-15-27-62-61-25-11-13-29-65(61)69-66(58)62/h1-45H. The van der Waals surface area contributed by atoms with E-state index in [1.807, 2.05) is 11.3 Å². The zero-order valence-corrected chi connectivity index (χ0v) is 38.7. The fourth-order valence-corrected chi connectivity index (χ4v) is 12.2. The van der Waals surface area contributed by atoms with Gasteiger partial charge in [0.15, 0.2) is 0 Å². The molecule has 0 N–H and O–H groups in total. The quantitative estimate of drug-likeness (QED) is 0.140. The van der Waals surface area contributed by atoms with Crippen molar-refractivity contribution in [2.45, 2.75) is 5.41 Å². The fraction of sp³-hybridized carbons (Fsp3) is 0.0149. The first-order valence-electron chi connectivity index (χ1n) is 23.7. The summed E-state index contributed by atoms with van der Waals surface area (Å²) in [5.74, 6) is 0. The number of anilines is 3. The predicted molar refractivity (Wildman–Crippen MR) is 293 cm³/mol. The summed E-state index contributed by atoms with van der Waals surface area (Å²) in [4.78, 5) is 2.41. The Morgan fingerprint density at radius 1 is 0.275 bits per heavy atom. The van der Waals surface area contributed by atoms with Crippen LogP contribution >= 0.6 is 11.3 Å². The molecule has 69 heavy (non-hydrogen) atoms. The van der Waals surface area contributed by atoms with Crippen molar-refractivity contribution in [3.63, 3.8) is 0 Å². The Balaban J connectivity index is 0.879. The molecule has 1 nitrogen and oxygen atoms in total. The SMILES string of the molecule is c1ccc(-c2ccc(N(c3ccc(-c4ccc(-c5cccc(-c6cccc7c6sc6ccccc67)c5)cc4)cc3)c3ccc4c(c3)C(c3ccccc3)(c3ccccc3)c3ccccc3-4)cc2)cc1. The molecule has 324 valence electrons. The zero-order chi connectivity index (χ0) is 45.7. The van der Waals surface area contributed by atoms with Gasteiger partial charge >= 0.3 is 0 Å². The van der Waals surface area contributed by atoms with Gasteiger partial charge in [-0.15, -0.1) is 11.3 Å². The first-order valence-corrected chi connectivity index (χ1v) is 24.5. The van der Waals surface area contributed by atoms with Crippen molar-refractivity contribution < 1.29 is 0 Å². The highest BCUT2D eigenvalue weighted by Crippen LogP contribution is 2.57. The molecule has 0 saturated heterocycles. The van der Waals surface area contributed by atoms with Crippen molar-refractivity contribution in [3.8, 4) is 55.6 Å². The van der Waals surface area contributed by atoms with Crippen LogP contribution in [0.1, 0.15) is 22.3 Å². The van der Waals surface area contributed by atoms with Crippen molar-refractivity contribution >= 4 is 48.6 Å². The van der Waals surface area contributed by atoms with E-state index in [2.05, 4.69) is 278 Å². The molecule has 0 fully saturated rings. The van der Waals surface area contributed by atoms with E-state index in [4.69, 9.17) is 0 Å². The molecule has 1 heterocycles. The molecule has 0 atom stereocenters. The summed E-state index contributed by atoms with van der Waals surface area (Å²) < 4.78 is 2.67. The topological polar surface area (TPSA) is 3.24 Å². The summed E-state index contributed by atoms with van der Waals surface area (Å²) in [5, 5.41) is 2.65. The minimum Gasteiger partial charge on any atom is -0.310 e. The highest BCUT2D eigenvalue weighted by molar-refractivity contribution is 7.26. The maximum absolute atomic E-state index is 2.45. The third kappa shape index (κ3) is 6.91. The van der Waals surface area contributed by atoms with E-state index < -0.39 is 5.41 Å². The highest BCUT2D eigenvalue weighted by atomic mass is 32.1. The number of rotatable bonds is 9. The third-order valence-corrected chi connectivity index (χ3v) is 15.4. The lowest BCUT2D eigenvalue weighted by Crippen LogP contribution is -2.28. The van der Waals surface area contributed by atoms with Gasteiger partial charge in [-0.05, 0) is 126 Å². The van der Waals surface area contributed by atoms with Gasteiger partial charge in [-0.25, -0.2) is 0 Å². The van der Waals surface area contributed by atoms with Crippen LogP contribution in [0.3, 0.4) is 0 Å². The second kappa shape index (κ2) is 16.9. The Morgan fingerprint density at radius 3 is 1.39 bits per heavy atom. The molecule has 11 aromatic carbocycles. The van der Waals surface area contributed by atoms with E-state index in [1.54, 1.807) is 0 Å². The van der Waals surface area contributed by atoms with E-state index in [0.717, 1.165) is 17.1 Å². The van der Waals surface area contributed by atoms with Gasteiger partial charge in [0.05, 0.1) is 5.41 Å². The van der Waals surface area contributed by atoms with Gasteiger partial charge in [0.2, 0.25) is 0 Å². The molecule has 1 aromatic heterocycles. The Hall–Kier alpha value is -8.56. The van der Waals surface area contributed by atoms with Crippen LogP contribution in [0.5, 0.6) is 0 Å². The molecule has 2 heteroatoms. The molecule has 0 spiro atoms. The first-order chi connectivity index (χ1) is 34.2. The Labute approximate surface area is 407 Å². The first kappa shape index (κ1) is 40.7. The predicted octanol–water partition coefficient (Wildman–Crippen LogP) is 18.6. The normalized spacial score (nSPS) is 12.5. The van der Waals surface area contributed by atoms with Gasteiger partial charge in [-0.1, -0.05) is 224 Å². The van der Waals surface area contributed by atoms with Crippen LogP contribution in [0.25, 0.3) is 75.8 Å². The van der Waals surface area contributed by atoms with Crippen LogP contribution in [0.2, 0.25) is 0 Å². The molecule has 0 unspecified atom stereocenters. The lowest BCUT2D eigenvalue weighted by Gasteiger charge is -2.35. The van der Waals surface area contributed by atoms with Crippen LogP contribution < -0.4 is 4.90 Å². The maximum atomic E-state index is 2.45. The van der Waals surface area contributed by atoms with Crippen molar-refractivity contribution in [2.24, 2.45) is 0 Å². The van der Waals surface area contributed by atoms with Crippen LogP contribution in [-0.2, 0) is 5.41 Å². The average molecular weight is 896 g/mol. The molecule has 1 aliphatic rings. The van der Waals surface area contributed by atoms with Crippen molar-refractivity contribution in [1.82, 2.24) is 0 Å². The summed E-state index contributed by atoms with van der Waals surface area (Å²) in [6.07, 6.45) is 0. The minimum atomic E-state index is -0.502. The zero-order valence-electron chi connectivity index (χ0n) is 37.8. The van der Waals surface area contributed by atoms with Gasteiger partial charge in [-0.2, -0.15) is 0 Å². The van der Waals surface area contributed by atoms with E-state index in [0.29, 0.717) is 0 Å². The molecule has 0 amide bonds. The largest absolute Gasteiger partial charge is 0.310 e. The Kier molecular flexibility index (Phi) is 10.00. The van der Waals surface area contributed by atoms with Crippen LogP contribution in [0.15, 0.2) is 273 Å². The van der Waals surface area contributed by atoms with E-state index in [1.165, 1.54) is 98.1 Å². The molecular formula is C67H45NS. The number of hydrogen-bond acceptors (Lipinski definition) is 2. The lowest BCUT2D eigenvalue weighted by molar-refractivity contribution is 0.768. The maximum Gasteiger partial charge on any atom is 0.0714 e. The third-order valence-electron chi connectivity index (χ3n) is 14.2. The van der Waals surface area contributed by atoms with Crippen molar-refractivity contribution in [1.29, 1.82) is 0 Å². The van der Waals surface area contributed by atoms with Crippen molar-refractivity contribution in [2.75, 3.05) is 4.90 Å². The molecule has 12 aromatic rings. The number of nitrogens with zero attached hydrogens (tertiary/aromatic N) is 1. The number of fused-ring (bicyclic) bond motifs is 6. The summed E-state index contributed by atoms with van der Waals surface area (Å²) in [6.45, 7) is 0. The van der Waals surface area contributed by atoms with Crippen LogP contribution in [-0.4, -0.2) is 0 Å². The fourth-order valence-electron chi connectivity index (χ4n) is 11.0. The smallest absolute Gasteiger partial charge is 0.0714 e. The molecule has 0 radical (unpaired) electrons. The molecule has 13 rings (SSSR count). The average Bonchev–Trinajstić information content (AvgIpc) is 3.96. The monoisotopic (exact) mass is 895 g/mol. The van der Waals surface area contributed by atoms with Gasteiger partial charge in [0.1, 0.15) is 0 Å². The molecule has 0 bridgehead atoms. The molecule has 0 aliphatic heterocycles. The van der Waals surface area contributed by atoms with E-state index >= 15 is 0 Å². The molecular weight excluding hydrogens is 851 g/mol. The summed E-state index contributed by atoms with van der Waals surface area (Å²) in [6, 6.07) is 100. The minimum absolute atomic E-state index is 0.502. The van der Waals surface area contributed by atoms with Gasteiger partial charge in [0, 0.05) is 37.2 Å². The number of thiophene rings is 1. The highest BCUT2D eigenvalue weighted by Gasteiger charge is 2.46. The second-order valence-electron chi connectivity index (χ2n) is 18.0. The van der Waals surface area contributed by atoms with Gasteiger partial charge in [-0.3, -0.25) is 0 Å². The van der Waals surface area contributed by atoms with Crippen LogP contribution in [0, 0.1) is 0 Å². The van der Waals surface area contributed by atoms with Crippen LogP contribution in [0.4, 0.5) is 17.1 Å². The number of benzene rings is 11. The van der Waals surface area contributed by atoms with E-state index in [9.17, 15) is 0 Å². The Bertz CT molecular complexity index is 3760. The lowest BCUT2D eigenvalue weighted by atomic mass is 9.67. The second-order valence-corrected chi connectivity index (χ2v) is 19.0. The van der Waals surface area contributed by atoms with Gasteiger partial charge < -0.3 is 4.90 Å². The van der Waals surface area contributed by atoms with Gasteiger partial charge in [0.25, 0.3) is 0 Å². The molecule has 1 aliphatic carbocycles. The molecule has 0 saturated carbocycles. The Morgan fingerprint density at radius 2 is 0.725 bits per heavy atom.